The zero-order valence-corrected chi connectivity index (χ0v) is 19.3. The van der Waals surface area contributed by atoms with Crippen LogP contribution in [0.4, 0.5) is 5.69 Å². The van der Waals surface area contributed by atoms with E-state index in [1.165, 1.54) is 48.6 Å². The summed E-state index contributed by atoms with van der Waals surface area (Å²) in [6.45, 7) is 10.8. The number of phenolic OH excluding ortho intramolecular Hbond substituents is 1. The van der Waals surface area contributed by atoms with Crippen LogP contribution in [0, 0.1) is 5.41 Å². The van der Waals surface area contributed by atoms with Gasteiger partial charge in [-0.3, -0.25) is 4.79 Å². The van der Waals surface area contributed by atoms with Crippen molar-refractivity contribution < 1.29 is 9.90 Å². The van der Waals surface area contributed by atoms with E-state index in [1.54, 1.807) is 6.07 Å². The molecule has 1 aromatic rings. The van der Waals surface area contributed by atoms with Crippen molar-refractivity contribution in [2.45, 2.75) is 53.9 Å². The number of amides is 1. The molecule has 1 amide bonds. The molecule has 4 heteroatoms. The Balaban J connectivity index is 1.99. The monoisotopic (exact) mass is 425 g/mol. The van der Waals surface area contributed by atoms with Gasteiger partial charge in [0.2, 0.25) is 5.91 Å². The van der Waals surface area contributed by atoms with E-state index in [9.17, 15) is 9.90 Å². The summed E-state index contributed by atoms with van der Waals surface area (Å²) in [5.41, 5.74) is 5.41. The molecule has 0 radical (unpaired) electrons. The number of rotatable bonds is 6. The molecule has 0 unspecified atom stereocenters. The first kappa shape index (κ1) is 23.8. The van der Waals surface area contributed by atoms with Crippen LogP contribution in [-0.2, 0) is 4.79 Å². The Hall–Kier alpha value is -2.52. The Labute approximate surface area is 185 Å². The first-order valence-electron chi connectivity index (χ1n) is 10.3. The van der Waals surface area contributed by atoms with Crippen LogP contribution in [0.15, 0.2) is 76.9 Å². The minimum Gasteiger partial charge on any atom is -0.506 e. The third-order valence-corrected chi connectivity index (χ3v) is 5.58. The number of phenols is 1. The van der Waals surface area contributed by atoms with Crippen LogP contribution < -0.4 is 5.32 Å². The molecule has 0 heterocycles. The number of allylic oxidation sites excluding steroid dienone is 9. The van der Waals surface area contributed by atoms with Crippen molar-refractivity contribution in [2.24, 2.45) is 5.41 Å². The fourth-order valence-electron chi connectivity index (χ4n) is 3.66. The highest BCUT2D eigenvalue weighted by Crippen LogP contribution is 2.40. The van der Waals surface area contributed by atoms with Gasteiger partial charge in [0.25, 0.3) is 0 Å². The quantitative estimate of drug-likeness (QED) is 0.281. The number of hydrogen-bond donors (Lipinski definition) is 2. The highest BCUT2D eigenvalue weighted by Gasteiger charge is 2.26. The number of anilines is 1. The predicted molar refractivity (Wildman–Crippen MR) is 128 cm³/mol. The number of nitrogens with one attached hydrogen (secondary N) is 1. The number of carbonyl (C=O) groups excluding carboxylic acids is 1. The summed E-state index contributed by atoms with van der Waals surface area (Å²) in [7, 11) is 0. The molecule has 0 bridgehead atoms. The van der Waals surface area contributed by atoms with Gasteiger partial charge in [-0.05, 0) is 74.8 Å². The molecule has 1 aliphatic rings. The molecule has 0 fully saturated rings. The fourth-order valence-corrected chi connectivity index (χ4v) is 3.84. The average Bonchev–Trinajstić information content (AvgIpc) is 2.63. The van der Waals surface area contributed by atoms with E-state index in [0.717, 1.165) is 11.1 Å². The smallest absolute Gasteiger partial charge is 0.248 e. The molecule has 2 N–H and O–H groups in total. The minimum absolute atomic E-state index is 0.0221. The number of benzene rings is 1. The highest BCUT2D eigenvalue weighted by atomic mass is 35.5. The first-order valence-corrected chi connectivity index (χ1v) is 10.7. The maximum Gasteiger partial charge on any atom is 0.248 e. The van der Waals surface area contributed by atoms with Crippen molar-refractivity contribution in [1.29, 1.82) is 0 Å². The Kier molecular flexibility index (Phi) is 8.31. The SMILES string of the molecule is CC(C=CC1=C(C)CCCC1(C)C)=CC=CC(C)=CC(=O)Nc1cc(Cl)ccc1O. The van der Waals surface area contributed by atoms with Crippen LogP contribution in [-0.4, -0.2) is 11.0 Å². The molecule has 1 aliphatic carbocycles. The van der Waals surface area contributed by atoms with Gasteiger partial charge in [0.05, 0.1) is 5.69 Å². The van der Waals surface area contributed by atoms with Gasteiger partial charge in [-0.15, -0.1) is 0 Å². The molecule has 0 saturated carbocycles. The molecular formula is C26H32ClNO2. The summed E-state index contributed by atoms with van der Waals surface area (Å²) < 4.78 is 0. The maximum atomic E-state index is 12.1. The van der Waals surface area contributed by atoms with Gasteiger partial charge in [0, 0.05) is 11.1 Å². The number of carbonyl (C=O) groups is 1. The fraction of sp³-hybridized carbons (Fsp3) is 0.346. The summed E-state index contributed by atoms with van der Waals surface area (Å²) >= 11 is 5.90. The minimum atomic E-state index is -0.322. The molecule has 0 aliphatic heterocycles. The van der Waals surface area contributed by atoms with E-state index in [4.69, 9.17) is 11.6 Å². The summed E-state index contributed by atoms with van der Waals surface area (Å²) in [5.74, 6) is -0.344. The van der Waals surface area contributed by atoms with Gasteiger partial charge < -0.3 is 10.4 Å². The second kappa shape index (κ2) is 10.5. The Morgan fingerprint density at radius 1 is 1.20 bits per heavy atom. The van der Waals surface area contributed by atoms with Crippen LogP contribution in [0.5, 0.6) is 5.75 Å². The molecule has 0 aromatic heterocycles. The Bertz CT molecular complexity index is 946. The highest BCUT2D eigenvalue weighted by molar-refractivity contribution is 6.31. The summed E-state index contributed by atoms with van der Waals surface area (Å²) in [5, 5.41) is 12.9. The van der Waals surface area contributed by atoms with Gasteiger partial charge >= 0.3 is 0 Å². The van der Waals surface area contributed by atoms with Gasteiger partial charge in [0.15, 0.2) is 0 Å². The largest absolute Gasteiger partial charge is 0.506 e. The molecule has 0 spiro atoms. The van der Waals surface area contributed by atoms with Gasteiger partial charge in [-0.2, -0.15) is 0 Å². The second-order valence-corrected chi connectivity index (χ2v) is 9.01. The third kappa shape index (κ3) is 7.07. The standard InChI is InChI=1S/C26H32ClNO2/c1-18(11-13-22-20(3)10-7-15-26(22,4)5)8-6-9-19(2)16-25(30)28-23-17-21(27)12-14-24(23)29/h6,8-9,11-14,16-17,29H,7,10,15H2,1-5H3,(H,28,30). The number of aromatic hydroxyl groups is 1. The molecule has 0 saturated heterocycles. The summed E-state index contributed by atoms with van der Waals surface area (Å²) in [4.78, 5) is 12.1. The molecule has 1 aromatic carbocycles. The Morgan fingerprint density at radius 3 is 2.63 bits per heavy atom. The van der Waals surface area contributed by atoms with E-state index in [0.29, 0.717) is 5.02 Å². The molecule has 160 valence electrons. The number of hydrogen-bond acceptors (Lipinski definition) is 2. The Morgan fingerprint density at radius 2 is 1.93 bits per heavy atom. The van der Waals surface area contributed by atoms with Crippen molar-refractivity contribution in [3.8, 4) is 5.75 Å². The van der Waals surface area contributed by atoms with Crippen LogP contribution in [0.25, 0.3) is 0 Å². The van der Waals surface area contributed by atoms with E-state index >= 15 is 0 Å². The second-order valence-electron chi connectivity index (χ2n) is 8.57. The van der Waals surface area contributed by atoms with E-state index in [-0.39, 0.29) is 22.8 Å². The summed E-state index contributed by atoms with van der Waals surface area (Å²) in [6.07, 6.45) is 15.4. The van der Waals surface area contributed by atoms with Crippen LogP contribution in [0.1, 0.15) is 53.9 Å². The van der Waals surface area contributed by atoms with Crippen LogP contribution >= 0.6 is 11.6 Å². The normalized spacial score (nSPS) is 17.8. The van der Waals surface area contributed by atoms with E-state index in [2.05, 4.69) is 45.2 Å². The van der Waals surface area contributed by atoms with Gasteiger partial charge in [-0.25, -0.2) is 0 Å². The van der Waals surface area contributed by atoms with Crippen molar-refractivity contribution >= 4 is 23.2 Å². The van der Waals surface area contributed by atoms with Crippen LogP contribution in [0.3, 0.4) is 0 Å². The maximum absolute atomic E-state index is 12.1. The van der Waals surface area contributed by atoms with Crippen molar-refractivity contribution in [2.75, 3.05) is 5.32 Å². The van der Waals surface area contributed by atoms with Crippen molar-refractivity contribution in [3.05, 3.63) is 82.0 Å². The van der Waals surface area contributed by atoms with Gasteiger partial charge in [-0.1, -0.05) is 67.0 Å². The predicted octanol–water partition coefficient (Wildman–Crippen LogP) is 7.52. The average molecular weight is 426 g/mol. The summed E-state index contributed by atoms with van der Waals surface area (Å²) in [6, 6.07) is 4.52. The molecule has 0 atom stereocenters. The first-order chi connectivity index (χ1) is 14.1. The lowest BCUT2D eigenvalue weighted by molar-refractivity contribution is -0.112. The van der Waals surface area contributed by atoms with Crippen LogP contribution in [0.2, 0.25) is 5.02 Å². The topological polar surface area (TPSA) is 49.3 Å². The molecular weight excluding hydrogens is 394 g/mol. The van der Waals surface area contributed by atoms with Crippen molar-refractivity contribution in [1.82, 2.24) is 0 Å². The van der Waals surface area contributed by atoms with E-state index in [1.807, 2.05) is 25.2 Å². The van der Waals surface area contributed by atoms with Gasteiger partial charge in [0.1, 0.15) is 5.75 Å². The lowest BCUT2D eigenvalue weighted by Gasteiger charge is -2.32. The molecule has 2 rings (SSSR count). The number of halogens is 1. The third-order valence-electron chi connectivity index (χ3n) is 5.35. The van der Waals surface area contributed by atoms with E-state index < -0.39 is 0 Å². The molecule has 30 heavy (non-hydrogen) atoms. The van der Waals surface area contributed by atoms with Crippen molar-refractivity contribution in [3.63, 3.8) is 0 Å². The zero-order chi connectivity index (χ0) is 22.3. The zero-order valence-electron chi connectivity index (χ0n) is 18.6. The lowest BCUT2D eigenvalue weighted by atomic mass is 9.72. The molecule has 3 nitrogen and oxygen atoms in total. The lowest BCUT2D eigenvalue weighted by Crippen LogP contribution is -2.19.